The molecule has 0 aliphatic heterocycles. The monoisotopic (exact) mass is 348 g/mol. The Hall–Kier alpha value is -2.73. The average molecular weight is 349 g/mol. The molecule has 7 heteroatoms. The minimum Gasteiger partial charge on any atom is -0.495 e. The van der Waals surface area contributed by atoms with Gasteiger partial charge in [-0.1, -0.05) is 17.7 Å². The molecule has 2 amide bonds. The van der Waals surface area contributed by atoms with E-state index in [0.717, 1.165) is 5.56 Å². The van der Waals surface area contributed by atoms with Crippen LogP contribution in [0.3, 0.4) is 0 Å². The highest BCUT2D eigenvalue weighted by molar-refractivity contribution is 6.31. The van der Waals surface area contributed by atoms with E-state index in [0.29, 0.717) is 27.8 Å². The molecule has 2 aromatic rings. The lowest BCUT2D eigenvalue weighted by atomic mass is 10.1. The van der Waals surface area contributed by atoms with Crippen LogP contribution in [0.15, 0.2) is 36.4 Å². The Bertz CT molecular complexity index is 777. The largest absolute Gasteiger partial charge is 0.495 e. The molecule has 0 unspecified atom stereocenters. The number of halogens is 1. The molecule has 126 valence electrons. The number of benzene rings is 2. The van der Waals surface area contributed by atoms with Crippen LogP contribution in [-0.2, 0) is 4.79 Å². The maximum atomic E-state index is 12.4. The summed E-state index contributed by atoms with van der Waals surface area (Å²) in [7, 11) is 1.49. The van der Waals surface area contributed by atoms with Crippen molar-refractivity contribution in [1.82, 2.24) is 0 Å². The van der Waals surface area contributed by atoms with Gasteiger partial charge in [0.2, 0.25) is 0 Å². The highest BCUT2D eigenvalue weighted by Gasteiger charge is 2.12. The fourth-order valence-electron chi connectivity index (χ4n) is 2.01. The number of hydrogen-bond acceptors (Lipinski definition) is 4. The molecule has 3 N–H and O–H groups in total. The van der Waals surface area contributed by atoms with Gasteiger partial charge in [-0.2, -0.15) is 0 Å². The van der Waals surface area contributed by atoms with E-state index in [1.165, 1.54) is 13.2 Å². The maximum Gasteiger partial charge on any atom is 0.255 e. The third-order valence-electron chi connectivity index (χ3n) is 3.21. The highest BCUT2D eigenvalue weighted by atomic mass is 35.5. The lowest BCUT2D eigenvalue weighted by Crippen LogP contribution is -2.20. The molecule has 2 aromatic carbocycles. The number of aryl methyl sites for hydroxylation is 1. The number of amides is 2. The molecule has 0 spiro atoms. The second-order valence-electron chi connectivity index (χ2n) is 5.04. The van der Waals surface area contributed by atoms with E-state index in [1.54, 1.807) is 30.3 Å². The molecular formula is C17H17ClN2O4. The Labute approximate surface area is 144 Å². The topological polar surface area (TPSA) is 90.7 Å². The van der Waals surface area contributed by atoms with Crippen LogP contribution in [0.1, 0.15) is 15.9 Å². The lowest BCUT2D eigenvalue weighted by molar-refractivity contribution is -0.119. The van der Waals surface area contributed by atoms with Crippen LogP contribution in [0.5, 0.6) is 11.5 Å². The molecule has 0 heterocycles. The summed E-state index contributed by atoms with van der Waals surface area (Å²) in [5.74, 6) is -0.105. The quantitative estimate of drug-likeness (QED) is 0.839. The number of anilines is 1. The van der Waals surface area contributed by atoms with Crippen molar-refractivity contribution in [2.45, 2.75) is 6.92 Å². The van der Waals surface area contributed by atoms with Crippen LogP contribution in [0.2, 0.25) is 5.02 Å². The number of hydrogen-bond donors (Lipinski definition) is 2. The number of carbonyl (C=O) groups is 2. The molecule has 0 saturated carbocycles. The number of primary amides is 1. The first-order chi connectivity index (χ1) is 11.4. The van der Waals surface area contributed by atoms with Crippen LogP contribution in [0.4, 0.5) is 5.69 Å². The zero-order valence-electron chi connectivity index (χ0n) is 13.3. The Balaban J connectivity index is 2.19. The molecule has 0 saturated heterocycles. The number of carbonyl (C=O) groups excluding carboxylic acids is 2. The van der Waals surface area contributed by atoms with Gasteiger partial charge in [0.05, 0.1) is 12.8 Å². The number of ether oxygens (including phenoxy) is 2. The van der Waals surface area contributed by atoms with Crippen LogP contribution in [0.25, 0.3) is 0 Å². The van der Waals surface area contributed by atoms with Crippen molar-refractivity contribution in [3.8, 4) is 11.5 Å². The van der Waals surface area contributed by atoms with Gasteiger partial charge in [-0.05, 0) is 36.8 Å². The second-order valence-corrected chi connectivity index (χ2v) is 5.45. The van der Waals surface area contributed by atoms with E-state index in [2.05, 4.69) is 5.32 Å². The molecule has 0 atom stereocenters. The number of methoxy groups -OCH3 is 1. The van der Waals surface area contributed by atoms with E-state index in [9.17, 15) is 9.59 Å². The molecule has 0 radical (unpaired) electrons. The first-order valence-electron chi connectivity index (χ1n) is 7.07. The predicted molar refractivity (Wildman–Crippen MR) is 91.8 cm³/mol. The fourth-order valence-corrected chi connectivity index (χ4v) is 2.16. The van der Waals surface area contributed by atoms with Gasteiger partial charge < -0.3 is 20.5 Å². The van der Waals surface area contributed by atoms with Gasteiger partial charge in [-0.15, -0.1) is 0 Å². The van der Waals surface area contributed by atoms with Crippen molar-refractivity contribution < 1.29 is 19.1 Å². The minimum absolute atomic E-state index is 0.255. The zero-order chi connectivity index (χ0) is 17.7. The Kier molecular flexibility index (Phi) is 5.65. The number of nitrogens with one attached hydrogen (secondary N) is 1. The fraction of sp³-hybridized carbons (Fsp3) is 0.176. The van der Waals surface area contributed by atoms with Crippen LogP contribution in [-0.4, -0.2) is 25.5 Å². The Morgan fingerprint density at radius 1 is 1.25 bits per heavy atom. The van der Waals surface area contributed by atoms with E-state index in [-0.39, 0.29) is 12.5 Å². The summed E-state index contributed by atoms with van der Waals surface area (Å²) < 4.78 is 10.4. The van der Waals surface area contributed by atoms with Gasteiger partial charge in [-0.3, -0.25) is 9.59 Å². The maximum absolute atomic E-state index is 12.4. The lowest BCUT2D eigenvalue weighted by Gasteiger charge is -2.13. The molecule has 24 heavy (non-hydrogen) atoms. The van der Waals surface area contributed by atoms with Crippen molar-refractivity contribution in [1.29, 1.82) is 0 Å². The van der Waals surface area contributed by atoms with Gasteiger partial charge in [0.25, 0.3) is 11.8 Å². The summed E-state index contributed by atoms with van der Waals surface area (Å²) in [4.78, 5) is 23.2. The Morgan fingerprint density at radius 2 is 2.00 bits per heavy atom. The van der Waals surface area contributed by atoms with Crippen molar-refractivity contribution in [2.75, 3.05) is 19.0 Å². The predicted octanol–water partition coefficient (Wildman–Crippen LogP) is 2.77. The van der Waals surface area contributed by atoms with Crippen molar-refractivity contribution in [3.63, 3.8) is 0 Å². The zero-order valence-corrected chi connectivity index (χ0v) is 14.0. The van der Waals surface area contributed by atoms with Gasteiger partial charge in [-0.25, -0.2) is 0 Å². The van der Waals surface area contributed by atoms with E-state index >= 15 is 0 Å². The molecule has 2 rings (SSSR count). The normalized spacial score (nSPS) is 10.1. The summed E-state index contributed by atoms with van der Waals surface area (Å²) in [6.45, 7) is 1.57. The molecule has 0 bridgehead atoms. The molecular weight excluding hydrogens is 332 g/mol. The van der Waals surface area contributed by atoms with Crippen molar-refractivity contribution in [2.24, 2.45) is 5.73 Å². The molecule has 0 aliphatic carbocycles. The van der Waals surface area contributed by atoms with E-state index in [1.807, 2.05) is 6.92 Å². The minimum atomic E-state index is -0.591. The highest BCUT2D eigenvalue weighted by Crippen LogP contribution is 2.31. The van der Waals surface area contributed by atoms with E-state index in [4.69, 9.17) is 26.8 Å². The summed E-state index contributed by atoms with van der Waals surface area (Å²) in [5, 5.41) is 3.32. The summed E-state index contributed by atoms with van der Waals surface area (Å²) >= 11 is 6.05. The standard InChI is InChI=1S/C17H17ClN2O4/c1-10-6-14(15(23-2)8-13(10)18)20-17(22)11-4-3-5-12(7-11)24-9-16(19)21/h3-8H,9H2,1-2H3,(H2,19,21)(H,20,22). The van der Waals surface area contributed by atoms with Crippen LogP contribution >= 0.6 is 11.6 Å². The first kappa shape index (κ1) is 17.6. The SMILES string of the molecule is COc1cc(Cl)c(C)cc1NC(=O)c1cccc(OCC(N)=O)c1. The second kappa shape index (κ2) is 7.70. The smallest absolute Gasteiger partial charge is 0.255 e. The van der Waals surface area contributed by atoms with Crippen molar-refractivity contribution >= 4 is 29.1 Å². The molecule has 0 aliphatic rings. The number of nitrogens with two attached hydrogens (primary N) is 1. The number of rotatable bonds is 6. The average Bonchev–Trinajstić information content (AvgIpc) is 2.56. The summed E-state index contributed by atoms with van der Waals surface area (Å²) in [6, 6.07) is 9.79. The summed E-state index contributed by atoms with van der Waals surface area (Å²) in [6.07, 6.45) is 0. The first-order valence-corrected chi connectivity index (χ1v) is 7.45. The van der Waals surface area contributed by atoms with Crippen molar-refractivity contribution in [3.05, 3.63) is 52.5 Å². The van der Waals surface area contributed by atoms with Gasteiger partial charge in [0.1, 0.15) is 11.5 Å². The molecule has 0 fully saturated rings. The van der Waals surface area contributed by atoms with Crippen LogP contribution in [0, 0.1) is 6.92 Å². The van der Waals surface area contributed by atoms with E-state index < -0.39 is 5.91 Å². The van der Waals surface area contributed by atoms with Gasteiger partial charge >= 0.3 is 0 Å². The molecule has 0 aromatic heterocycles. The summed E-state index contributed by atoms with van der Waals surface area (Å²) in [5.41, 5.74) is 6.72. The van der Waals surface area contributed by atoms with Gasteiger partial charge in [0, 0.05) is 16.7 Å². The Morgan fingerprint density at radius 3 is 2.67 bits per heavy atom. The third-order valence-corrected chi connectivity index (χ3v) is 3.61. The van der Waals surface area contributed by atoms with Gasteiger partial charge in [0.15, 0.2) is 6.61 Å². The van der Waals surface area contributed by atoms with Crippen LogP contribution < -0.4 is 20.5 Å². The molecule has 6 nitrogen and oxygen atoms in total. The third kappa shape index (κ3) is 4.39.